The Labute approximate surface area is 177 Å². The van der Waals surface area contributed by atoms with Crippen LogP contribution >= 0.6 is 8.60 Å². The van der Waals surface area contributed by atoms with Crippen molar-refractivity contribution in [3.63, 3.8) is 0 Å². The molecule has 0 N–H and O–H groups in total. The predicted octanol–water partition coefficient (Wildman–Crippen LogP) is 7.89. The van der Waals surface area contributed by atoms with Crippen LogP contribution < -0.4 is 9.05 Å². The molecule has 0 aliphatic carbocycles. The van der Waals surface area contributed by atoms with Gasteiger partial charge in [0.05, 0.1) is 6.61 Å². The molecule has 0 fully saturated rings. The number of rotatable bonds is 8. The second kappa shape index (κ2) is 10.5. The van der Waals surface area contributed by atoms with Crippen LogP contribution in [-0.4, -0.2) is 6.61 Å². The van der Waals surface area contributed by atoms with E-state index < -0.39 is 8.60 Å². The molecular weight excluding hydrogens is 379 g/mol. The van der Waals surface area contributed by atoms with Gasteiger partial charge in [-0.25, -0.2) is 0 Å². The second-order valence-corrected chi connectivity index (χ2v) is 9.39. The molecule has 1 aliphatic rings. The zero-order valence-corrected chi connectivity index (χ0v) is 19.5. The zero-order valence-electron chi connectivity index (χ0n) is 18.6. The highest BCUT2D eigenvalue weighted by Crippen LogP contribution is 2.49. The van der Waals surface area contributed by atoms with E-state index in [4.69, 9.17) is 13.6 Å². The summed E-state index contributed by atoms with van der Waals surface area (Å²) in [6, 6.07) is 8.81. The molecule has 1 heterocycles. The highest BCUT2D eigenvalue weighted by molar-refractivity contribution is 7.42. The van der Waals surface area contributed by atoms with E-state index in [1.165, 1.54) is 54.4 Å². The van der Waals surface area contributed by atoms with Crippen molar-refractivity contribution in [2.45, 2.75) is 79.6 Å². The molecule has 0 aromatic heterocycles. The molecule has 1 aliphatic heterocycles. The van der Waals surface area contributed by atoms with Crippen molar-refractivity contribution >= 4 is 8.60 Å². The van der Waals surface area contributed by atoms with Gasteiger partial charge in [0.25, 0.3) is 0 Å². The maximum Gasteiger partial charge on any atom is 0.463 e. The minimum Gasteiger partial charge on any atom is -0.417 e. The van der Waals surface area contributed by atoms with Crippen molar-refractivity contribution in [1.29, 1.82) is 0 Å². The summed E-state index contributed by atoms with van der Waals surface area (Å²) < 4.78 is 18.8. The van der Waals surface area contributed by atoms with E-state index >= 15 is 0 Å². The van der Waals surface area contributed by atoms with Crippen molar-refractivity contribution in [2.75, 3.05) is 6.61 Å². The molecule has 3 rings (SSSR count). The Kier molecular flexibility index (Phi) is 7.98. The first-order chi connectivity index (χ1) is 14.0. The number of unbranched alkanes of at least 4 members (excludes halogenated alkanes) is 5. The molecule has 4 heteroatoms. The van der Waals surface area contributed by atoms with Crippen LogP contribution in [0.25, 0.3) is 0 Å². The van der Waals surface area contributed by atoms with E-state index in [-0.39, 0.29) is 0 Å². The molecule has 0 unspecified atom stereocenters. The van der Waals surface area contributed by atoms with Crippen LogP contribution in [-0.2, 0) is 10.9 Å². The molecule has 3 nitrogen and oxygen atoms in total. The predicted molar refractivity (Wildman–Crippen MR) is 122 cm³/mol. The summed E-state index contributed by atoms with van der Waals surface area (Å²) in [5.41, 5.74) is 7.24. The van der Waals surface area contributed by atoms with E-state index in [9.17, 15) is 0 Å². The average Bonchev–Trinajstić information content (AvgIpc) is 2.64. The molecular formula is C25H35O3P. The SMILES string of the molecule is CCCCCCCCOP1Oc2c(C)cc(C)cc2Cc2cc(C)cc(C)c2O1. The Hall–Kier alpha value is -1.57. The lowest BCUT2D eigenvalue weighted by molar-refractivity contribution is 0.255. The maximum absolute atomic E-state index is 6.33. The highest BCUT2D eigenvalue weighted by atomic mass is 31.2. The quantitative estimate of drug-likeness (QED) is 0.325. The molecule has 29 heavy (non-hydrogen) atoms. The van der Waals surface area contributed by atoms with Crippen LogP contribution in [0.1, 0.15) is 78.8 Å². The van der Waals surface area contributed by atoms with E-state index in [2.05, 4.69) is 58.9 Å². The Morgan fingerprint density at radius 1 is 0.759 bits per heavy atom. The topological polar surface area (TPSA) is 27.7 Å². The normalized spacial score (nSPS) is 13.7. The molecule has 0 saturated carbocycles. The first-order valence-corrected chi connectivity index (χ1v) is 12.1. The van der Waals surface area contributed by atoms with Crippen molar-refractivity contribution in [1.82, 2.24) is 0 Å². The molecule has 0 bridgehead atoms. The van der Waals surface area contributed by atoms with Crippen LogP contribution in [0.2, 0.25) is 0 Å². The van der Waals surface area contributed by atoms with E-state index in [0.29, 0.717) is 6.61 Å². The fourth-order valence-electron chi connectivity index (χ4n) is 4.06. The van der Waals surface area contributed by atoms with E-state index in [1.807, 2.05) is 0 Å². The van der Waals surface area contributed by atoms with Gasteiger partial charge in [-0.15, -0.1) is 0 Å². The van der Waals surface area contributed by atoms with Gasteiger partial charge in [0.2, 0.25) is 0 Å². The van der Waals surface area contributed by atoms with Gasteiger partial charge in [-0.3, -0.25) is 4.52 Å². The Morgan fingerprint density at radius 2 is 1.28 bits per heavy atom. The van der Waals surface area contributed by atoms with Crippen LogP contribution in [0.4, 0.5) is 0 Å². The summed E-state index contributed by atoms with van der Waals surface area (Å²) in [7, 11) is -1.47. The minimum absolute atomic E-state index is 0.679. The van der Waals surface area contributed by atoms with Crippen LogP contribution in [0, 0.1) is 27.7 Å². The summed E-state index contributed by atoms with van der Waals surface area (Å²) >= 11 is 0. The van der Waals surface area contributed by atoms with Crippen molar-refractivity contribution in [2.24, 2.45) is 0 Å². The third kappa shape index (κ3) is 5.96. The lowest BCUT2D eigenvalue weighted by Crippen LogP contribution is -2.10. The minimum atomic E-state index is -1.47. The fourth-order valence-corrected chi connectivity index (χ4v) is 5.30. The van der Waals surface area contributed by atoms with Crippen LogP contribution in [0.5, 0.6) is 11.5 Å². The Balaban J connectivity index is 1.78. The van der Waals surface area contributed by atoms with E-state index in [1.54, 1.807) is 0 Å². The Bertz CT molecular complexity index is 772. The van der Waals surface area contributed by atoms with Gasteiger partial charge in [0.1, 0.15) is 11.5 Å². The monoisotopic (exact) mass is 414 g/mol. The summed E-state index contributed by atoms with van der Waals surface area (Å²) in [6.45, 7) is 11.4. The zero-order chi connectivity index (χ0) is 20.8. The molecule has 2 aromatic carbocycles. The van der Waals surface area contributed by atoms with Gasteiger partial charge < -0.3 is 9.05 Å². The summed E-state index contributed by atoms with van der Waals surface area (Å²) in [6.07, 6.45) is 8.26. The Morgan fingerprint density at radius 3 is 1.83 bits per heavy atom. The summed E-state index contributed by atoms with van der Waals surface area (Å²) in [4.78, 5) is 0. The second-order valence-electron chi connectivity index (χ2n) is 8.32. The lowest BCUT2D eigenvalue weighted by Gasteiger charge is -2.26. The molecule has 0 amide bonds. The molecule has 0 spiro atoms. The lowest BCUT2D eigenvalue weighted by atomic mass is 9.96. The summed E-state index contributed by atoms with van der Waals surface area (Å²) in [5, 5.41) is 0. The molecule has 0 atom stereocenters. The van der Waals surface area contributed by atoms with Crippen molar-refractivity contribution < 1.29 is 13.6 Å². The highest BCUT2D eigenvalue weighted by Gasteiger charge is 2.26. The number of fused-ring (bicyclic) bond motifs is 2. The standard InChI is InChI=1S/C25H35O3P/c1-6-7-8-9-10-11-12-26-29-27-24-20(4)13-18(2)15-22(24)17-23-16-19(3)14-21(5)25(23)28-29/h13-16H,6-12,17H2,1-5H3. The van der Waals surface area contributed by atoms with Gasteiger partial charge in [-0.1, -0.05) is 74.4 Å². The smallest absolute Gasteiger partial charge is 0.417 e. The maximum atomic E-state index is 6.33. The molecule has 2 aromatic rings. The number of hydrogen-bond acceptors (Lipinski definition) is 3. The van der Waals surface area contributed by atoms with E-state index in [0.717, 1.165) is 35.5 Å². The van der Waals surface area contributed by atoms with Gasteiger partial charge >= 0.3 is 8.60 Å². The number of benzene rings is 2. The first-order valence-electron chi connectivity index (χ1n) is 11.0. The average molecular weight is 415 g/mol. The number of hydrogen-bond donors (Lipinski definition) is 0. The van der Waals surface area contributed by atoms with Crippen LogP contribution in [0.15, 0.2) is 24.3 Å². The van der Waals surface area contributed by atoms with Gasteiger partial charge in [-0.2, -0.15) is 0 Å². The first kappa shape index (κ1) is 22.1. The molecule has 0 saturated heterocycles. The number of aryl methyl sites for hydroxylation is 4. The van der Waals surface area contributed by atoms with Crippen LogP contribution in [0.3, 0.4) is 0 Å². The largest absolute Gasteiger partial charge is 0.463 e. The van der Waals surface area contributed by atoms with Gasteiger partial charge in [-0.05, 0) is 56.4 Å². The van der Waals surface area contributed by atoms with Gasteiger partial charge in [0.15, 0.2) is 0 Å². The third-order valence-corrected chi connectivity index (χ3v) is 6.46. The fraction of sp³-hybridized carbons (Fsp3) is 0.520. The molecule has 0 radical (unpaired) electrons. The summed E-state index contributed by atoms with van der Waals surface area (Å²) in [5.74, 6) is 1.85. The van der Waals surface area contributed by atoms with Crippen molar-refractivity contribution in [3.8, 4) is 11.5 Å². The van der Waals surface area contributed by atoms with Crippen molar-refractivity contribution in [3.05, 3.63) is 57.6 Å². The third-order valence-electron chi connectivity index (χ3n) is 5.40. The molecule has 158 valence electrons. The van der Waals surface area contributed by atoms with Gasteiger partial charge in [0, 0.05) is 6.42 Å².